The van der Waals surface area contributed by atoms with Crippen molar-refractivity contribution in [2.24, 2.45) is 17.8 Å². The molecule has 3 fully saturated rings. The van der Waals surface area contributed by atoms with Crippen molar-refractivity contribution in [3.8, 4) is 0 Å². The van der Waals surface area contributed by atoms with E-state index in [0.29, 0.717) is 23.4 Å². The summed E-state index contributed by atoms with van der Waals surface area (Å²) in [4.78, 5) is 44.6. The monoisotopic (exact) mass is 567 g/mol. The van der Waals surface area contributed by atoms with Gasteiger partial charge in [0.1, 0.15) is 11.6 Å². The van der Waals surface area contributed by atoms with Gasteiger partial charge < -0.3 is 25.4 Å². The number of fused-ring (bicyclic) bond motifs is 1. The van der Waals surface area contributed by atoms with Gasteiger partial charge in [0, 0.05) is 11.4 Å². The van der Waals surface area contributed by atoms with E-state index in [2.05, 4.69) is 10.6 Å². The van der Waals surface area contributed by atoms with E-state index in [9.17, 15) is 19.5 Å². The number of rotatable bonds is 7. The molecular formula is C34H37N3O5. The summed E-state index contributed by atoms with van der Waals surface area (Å²) in [6.07, 6.45) is 0.434. The smallest absolute Gasteiger partial charge is 0.250 e. The Balaban J connectivity index is 1.47. The number of likely N-dealkylation sites (tertiary alicyclic amines) is 1. The molecule has 8 heteroatoms. The van der Waals surface area contributed by atoms with Crippen molar-refractivity contribution >= 4 is 29.1 Å². The van der Waals surface area contributed by atoms with Crippen molar-refractivity contribution < 1.29 is 24.2 Å². The molecule has 8 nitrogen and oxygen atoms in total. The molecule has 218 valence electrons. The van der Waals surface area contributed by atoms with Crippen LogP contribution in [-0.4, -0.2) is 51.6 Å². The number of para-hydroxylation sites is 2. The Morgan fingerprint density at radius 2 is 1.57 bits per heavy atom. The van der Waals surface area contributed by atoms with Crippen molar-refractivity contribution in [2.45, 2.75) is 57.4 Å². The van der Waals surface area contributed by atoms with Crippen LogP contribution in [0.2, 0.25) is 0 Å². The van der Waals surface area contributed by atoms with Gasteiger partial charge in [0.2, 0.25) is 17.7 Å². The second kappa shape index (κ2) is 10.4. The van der Waals surface area contributed by atoms with Crippen LogP contribution in [0.4, 0.5) is 11.4 Å². The van der Waals surface area contributed by atoms with Gasteiger partial charge in [-0.05, 0) is 61.9 Å². The fraction of sp³-hybridized carbons (Fsp3) is 0.382. The number of amides is 3. The van der Waals surface area contributed by atoms with Crippen molar-refractivity contribution in [3.05, 3.63) is 95.6 Å². The Labute approximate surface area is 246 Å². The van der Waals surface area contributed by atoms with E-state index in [1.807, 2.05) is 94.4 Å². The van der Waals surface area contributed by atoms with Gasteiger partial charge in [-0.25, -0.2) is 0 Å². The van der Waals surface area contributed by atoms with Crippen LogP contribution in [0.5, 0.6) is 0 Å². The van der Waals surface area contributed by atoms with Gasteiger partial charge in [0.25, 0.3) is 0 Å². The highest BCUT2D eigenvalue weighted by atomic mass is 16.5. The van der Waals surface area contributed by atoms with E-state index >= 15 is 0 Å². The summed E-state index contributed by atoms with van der Waals surface area (Å²) in [5.74, 6) is -2.89. The van der Waals surface area contributed by atoms with Crippen molar-refractivity contribution in [1.82, 2.24) is 4.90 Å². The minimum Gasteiger partial charge on any atom is -0.394 e. The molecule has 3 N–H and O–H groups in total. The van der Waals surface area contributed by atoms with Crippen LogP contribution < -0.4 is 10.6 Å². The molecule has 3 unspecified atom stereocenters. The summed E-state index contributed by atoms with van der Waals surface area (Å²) in [7, 11) is 0. The van der Waals surface area contributed by atoms with E-state index in [1.165, 1.54) is 4.90 Å². The largest absolute Gasteiger partial charge is 0.394 e. The van der Waals surface area contributed by atoms with E-state index in [1.54, 1.807) is 12.1 Å². The molecule has 0 aliphatic carbocycles. The van der Waals surface area contributed by atoms with Crippen molar-refractivity contribution in [2.75, 3.05) is 17.2 Å². The minimum atomic E-state index is -1.24. The first kappa shape index (κ1) is 28.1. The Morgan fingerprint density at radius 3 is 2.19 bits per heavy atom. The second-order valence-electron chi connectivity index (χ2n) is 12.2. The third kappa shape index (κ3) is 4.15. The summed E-state index contributed by atoms with van der Waals surface area (Å²) in [5, 5.41) is 16.8. The number of carbonyl (C=O) groups is 3. The van der Waals surface area contributed by atoms with Gasteiger partial charge in [-0.2, -0.15) is 0 Å². The predicted molar refractivity (Wildman–Crippen MR) is 160 cm³/mol. The number of ether oxygens (including phenoxy) is 1. The molecular weight excluding hydrogens is 530 g/mol. The number of aliphatic hydroxyl groups excluding tert-OH is 1. The van der Waals surface area contributed by atoms with Crippen LogP contribution in [0.1, 0.15) is 43.0 Å². The zero-order valence-corrected chi connectivity index (χ0v) is 24.3. The maximum Gasteiger partial charge on any atom is 0.250 e. The Bertz CT molecular complexity index is 1510. The molecule has 3 amide bonds. The summed E-state index contributed by atoms with van der Waals surface area (Å²) >= 11 is 0. The number of nitrogens with zero attached hydrogens (tertiary/aromatic N) is 1. The SMILES string of the molecule is Cc1cccc(C)c1NC(=O)C1N([C@H](CO)c2ccccc2)C(=O)[C@@H]2[C@H](C(=O)Nc3ccccc3)[C@@]3(C)OC12CC3C. The van der Waals surface area contributed by atoms with Crippen molar-refractivity contribution in [1.29, 1.82) is 0 Å². The van der Waals surface area contributed by atoms with Crippen LogP contribution in [0, 0.1) is 31.6 Å². The number of aliphatic hydroxyl groups is 1. The lowest BCUT2D eigenvalue weighted by Crippen LogP contribution is -2.54. The summed E-state index contributed by atoms with van der Waals surface area (Å²) < 4.78 is 6.85. The summed E-state index contributed by atoms with van der Waals surface area (Å²) in [5.41, 5.74) is 1.60. The molecule has 2 bridgehead atoms. The highest BCUT2D eigenvalue weighted by Gasteiger charge is 2.80. The van der Waals surface area contributed by atoms with E-state index in [4.69, 9.17) is 4.74 Å². The number of hydrogen-bond donors (Lipinski definition) is 3. The number of aryl methyl sites for hydroxylation is 2. The zero-order valence-electron chi connectivity index (χ0n) is 24.3. The normalized spacial score (nSPS) is 30.2. The molecule has 3 heterocycles. The number of anilines is 2. The molecule has 42 heavy (non-hydrogen) atoms. The first-order valence-corrected chi connectivity index (χ1v) is 14.5. The zero-order chi connectivity index (χ0) is 29.8. The van der Waals surface area contributed by atoms with Gasteiger partial charge in [0.15, 0.2) is 0 Å². The van der Waals surface area contributed by atoms with Crippen LogP contribution in [0.25, 0.3) is 0 Å². The maximum atomic E-state index is 14.6. The van der Waals surface area contributed by atoms with Crippen LogP contribution in [-0.2, 0) is 19.1 Å². The molecule has 0 radical (unpaired) electrons. The van der Waals surface area contributed by atoms with E-state index < -0.39 is 41.0 Å². The quantitative estimate of drug-likeness (QED) is 0.386. The number of nitrogens with one attached hydrogen (secondary N) is 2. The van der Waals surface area contributed by atoms with Crippen LogP contribution in [0.15, 0.2) is 78.9 Å². The molecule has 3 aliphatic heterocycles. The fourth-order valence-electron chi connectivity index (χ4n) is 7.69. The van der Waals surface area contributed by atoms with Crippen molar-refractivity contribution in [3.63, 3.8) is 0 Å². The Hall–Kier alpha value is -4.01. The summed E-state index contributed by atoms with van der Waals surface area (Å²) in [6.45, 7) is 7.36. The first-order chi connectivity index (χ1) is 20.1. The standard InChI is InChI=1S/C34H37N3O5/c1-20-12-11-13-21(2)28(20)36-31(40)29-34-18-22(3)33(4,42-34)26(30(39)35-24-16-9-6-10-17-24)27(34)32(41)37(29)25(19-38)23-14-7-5-8-15-23/h5-17,22,25-27,29,38H,18-19H2,1-4H3,(H,35,39)(H,36,40)/t22?,25-,26-,27+,29?,33+,34?/m1/s1. The third-order valence-corrected chi connectivity index (χ3v) is 9.75. The average Bonchev–Trinajstić information content (AvgIpc) is 3.49. The van der Waals surface area contributed by atoms with E-state index in [-0.39, 0.29) is 24.3 Å². The Kier molecular flexibility index (Phi) is 6.94. The molecule has 6 rings (SSSR count). The summed E-state index contributed by atoms with van der Waals surface area (Å²) in [6, 6.07) is 22.3. The Morgan fingerprint density at radius 1 is 0.952 bits per heavy atom. The van der Waals surface area contributed by atoms with Crippen LogP contribution >= 0.6 is 0 Å². The molecule has 0 aromatic heterocycles. The fourth-order valence-corrected chi connectivity index (χ4v) is 7.69. The van der Waals surface area contributed by atoms with Crippen LogP contribution in [0.3, 0.4) is 0 Å². The lowest BCUT2D eigenvalue weighted by atomic mass is 9.62. The van der Waals surface area contributed by atoms with Gasteiger partial charge >= 0.3 is 0 Å². The molecule has 1 spiro atoms. The molecule has 3 aromatic rings. The van der Waals surface area contributed by atoms with Gasteiger partial charge in [-0.15, -0.1) is 0 Å². The number of hydrogen-bond acceptors (Lipinski definition) is 5. The number of benzene rings is 3. The van der Waals surface area contributed by atoms with Gasteiger partial charge in [-0.1, -0.05) is 73.7 Å². The minimum absolute atomic E-state index is 0.104. The predicted octanol–water partition coefficient (Wildman–Crippen LogP) is 4.62. The molecule has 3 aliphatic rings. The first-order valence-electron chi connectivity index (χ1n) is 14.5. The lowest BCUT2D eigenvalue weighted by molar-refractivity contribution is -0.148. The average molecular weight is 568 g/mol. The van der Waals surface area contributed by atoms with Gasteiger partial charge in [-0.3, -0.25) is 14.4 Å². The van der Waals surface area contributed by atoms with E-state index in [0.717, 1.165) is 11.1 Å². The molecule has 0 saturated carbocycles. The maximum absolute atomic E-state index is 14.6. The molecule has 7 atom stereocenters. The topological polar surface area (TPSA) is 108 Å². The second-order valence-corrected chi connectivity index (χ2v) is 12.2. The number of carbonyl (C=O) groups excluding carboxylic acids is 3. The molecule has 3 saturated heterocycles. The highest BCUT2D eigenvalue weighted by Crippen LogP contribution is 2.66. The highest BCUT2D eigenvalue weighted by molar-refractivity contribution is 6.06. The third-order valence-electron chi connectivity index (χ3n) is 9.75. The lowest BCUT2D eigenvalue weighted by Gasteiger charge is -2.37. The van der Waals surface area contributed by atoms with Gasteiger partial charge in [0.05, 0.1) is 30.1 Å². The molecule has 3 aromatic carbocycles.